The predicted octanol–water partition coefficient (Wildman–Crippen LogP) is 0.508. The maximum absolute atomic E-state index is 11.3. The van der Waals surface area contributed by atoms with E-state index in [-0.39, 0.29) is 17.0 Å². The van der Waals surface area contributed by atoms with Crippen LogP contribution in [0.4, 0.5) is 0 Å². The minimum atomic E-state index is -3.66. The number of benzene rings is 1. The Morgan fingerprint density at radius 1 is 1.44 bits per heavy atom. The Morgan fingerprint density at radius 2 is 2.11 bits per heavy atom. The van der Waals surface area contributed by atoms with Gasteiger partial charge >= 0.3 is 0 Å². The second-order valence-corrected chi connectivity index (χ2v) is 6.39. The molecular weight excluding hydrogens is 252 g/mol. The van der Waals surface area contributed by atoms with Crippen molar-refractivity contribution >= 4 is 10.0 Å². The van der Waals surface area contributed by atoms with Gasteiger partial charge in [0.15, 0.2) is 0 Å². The van der Waals surface area contributed by atoms with Crippen LogP contribution >= 0.6 is 0 Å². The van der Waals surface area contributed by atoms with E-state index in [4.69, 9.17) is 5.14 Å². The highest BCUT2D eigenvalue weighted by Gasteiger charge is 2.28. The first kappa shape index (κ1) is 13.5. The van der Waals surface area contributed by atoms with Crippen molar-refractivity contribution < 1.29 is 13.5 Å². The predicted molar refractivity (Wildman–Crippen MR) is 68.4 cm³/mol. The van der Waals surface area contributed by atoms with Gasteiger partial charge in [0.25, 0.3) is 0 Å². The van der Waals surface area contributed by atoms with Gasteiger partial charge in [-0.2, -0.15) is 0 Å². The van der Waals surface area contributed by atoms with E-state index in [0.29, 0.717) is 6.04 Å². The Labute approximate surface area is 107 Å². The summed E-state index contributed by atoms with van der Waals surface area (Å²) in [5.74, 6) is 0. The monoisotopic (exact) mass is 270 g/mol. The molecule has 0 aromatic heterocycles. The summed E-state index contributed by atoms with van der Waals surface area (Å²) in [5.41, 5.74) is 0.878. The van der Waals surface area contributed by atoms with Crippen LogP contribution < -0.4 is 10.5 Å². The highest BCUT2D eigenvalue weighted by Crippen LogP contribution is 2.24. The van der Waals surface area contributed by atoms with Gasteiger partial charge in [-0.05, 0) is 37.5 Å². The maximum Gasteiger partial charge on any atom is 0.238 e. The quantitative estimate of drug-likeness (QED) is 0.743. The van der Waals surface area contributed by atoms with Crippen molar-refractivity contribution in [2.75, 3.05) is 0 Å². The van der Waals surface area contributed by atoms with Crippen LogP contribution in [0.1, 0.15) is 31.4 Å². The van der Waals surface area contributed by atoms with Gasteiger partial charge in [-0.1, -0.05) is 12.1 Å². The van der Waals surface area contributed by atoms with Crippen LogP contribution in [0, 0.1) is 0 Å². The molecule has 1 saturated carbocycles. The molecule has 0 radical (unpaired) electrons. The third-order valence-corrected chi connectivity index (χ3v) is 4.20. The second kappa shape index (κ2) is 4.97. The van der Waals surface area contributed by atoms with Crippen molar-refractivity contribution in [3.05, 3.63) is 29.8 Å². The first-order valence-corrected chi connectivity index (χ1v) is 7.48. The molecule has 18 heavy (non-hydrogen) atoms. The number of hydrogen-bond acceptors (Lipinski definition) is 4. The number of nitrogens with two attached hydrogens (primary N) is 1. The molecular formula is C12H18N2O3S. The molecule has 0 aliphatic heterocycles. The molecule has 1 aliphatic carbocycles. The number of aliphatic hydroxyl groups excluding tert-OH is 1. The summed E-state index contributed by atoms with van der Waals surface area (Å²) < 4.78 is 22.5. The Morgan fingerprint density at radius 3 is 2.67 bits per heavy atom. The summed E-state index contributed by atoms with van der Waals surface area (Å²) in [7, 11) is -3.66. The molecule has 0 heterocycles. The van der Waals surface area contributed by atoms with E-state index in [0.717, 1.165) is 18.4 Å². The van der Waals surface area contributed by atoms with Gasteiger partial charge in [0, 0.05) is 12.1 Å². The molecule has 1 aromatic carbocycles. The Kier molecular flexibility index (Phi) is 3.72. The fourth-order valence-electron chi connectivity index (χ4n) is 2.13. The van der Waals surface area contributed by atoms with Crippen LogP contribution in [0.3, 0.4) is 0 Å². The molecule has 6 heteroatoms. The number of sulfonamides is 1. The molecule has 1 fully saturated rings. The zero-order valence-corrected chi connectivity index (χ0v) is 11.0. The summed E-state index contributed by atoms with van der Waals surface area (Å²) in [6.07, 6.45) is 1.30. The molecule has 1 aromatic rings. The molecule has 0 amide bonds. The molecule has 1 atom stereocenters. The van der Waals surface area contributed by atoms with Gasteiger partial charge in [0.2, 0.25) is 10.0 Å². The van der Waals surface area contributed by atoms with E-state index >= 15 is 0 Å². The number of hydrogen-bond donors (Lipinski definition) is 3. The standard InChI is InChI=1S/C12H18N2O3S/c1-8(14-10-6-11(15)7-10)9-3-2-4-12(5-9)18(13,16)17/h2-5,8,10-11,14-15H,6-7H2,1H3,(H2,13,16,17). The minimum Gasteiger partial charge on any atom is -0.393 e. The number of primary sulfonamides is 1. The van der Waals surface area contributed by atoms with E-state index < -0.39 is 10.0 Å². The molecule has 0 saturated heterocycles. The lowest BCUT2D eigenvalue weighted by Gasteiger charge is -2.34. The van der Waals surface area contributed by atoms with Crippen LogP contribution in [0.2, 0.25) is 0 Å². The SMILES string of the molecule is CC(NC1CC(O)C1)c1cccc(S(N)(=O)=O)c1. The van der Waals surface area contributed by atoms with E-state index in [1.165, 1.54) is 6.07 Å². The first-order valence-electron chi connectivity index (χ1n) is 5.93. The lowest BCUT2D eigenvalue weighted by Crippen LogP contribution is -2.45. The number of aliphatic hydroxyl groups is 1. The van der Waals surface area contributed by atoms with E-state index in [1.54, 1.807) is 12.1 Å². The van der Waals surface area contributed by atoms with E-state index in [9.17, 15) is 13.5 Å². The van der Waals surface area contributed by atoms with Crippen molar-refractivity contribution in [1.82, 2.24) is 5.32 Å². The van der Waals surface area contributed by atoms with Gasteiger partial charge in [-0.15, -0.1) is 0 Å². The summed E-state index contributed by atoms with van der Waals surface area (Å²) >= 11 is 0. The largest absolute Gasteiger partial charge is 0.393 e. The van der Waals surface area contributed by atoms with Gasteiger partial charge in [-0.3, -0.25) is 0 Å². The topological polar surface area (TPSA) is 92.4 Å². The van der Waals surface area contributed by atoms with Crippen LogP contribution in [0.25, 0.3) is 0 Å². The molecule has 0 bridgehead atoms. The molecule has 4 N–H and O–H groups in total. The van der Waals surface area contributed by atoms with Crippen LogP contribution in [0.15, 0.2) is 29.2 Å². The zero-order chi connectivity index (χ0) is 13.3. The van der Waals surface area contributed by atoms with Gasteiger partial charge in [0.1, 0.15) is 0 Å². The second-order valence-electron chi connectivity index (χ2n) is 4.83. The smallest absolute Gasteiger partial charge is 0.238 e. The Hall–Kier alpha value is -0.950. The van der Waals surface area contributed by atoms with Crippen molar-refractivity contribution in [2.45, 2.75) is 42.8 Å². The fourth-order valence-corrected chi connectivity index (χ4v) is 2.70. The average Bonchev–Trinajstić information content (AvgIpc) is 2.26. The fraction of sp³-hybridized carbons (Fsp3) is 0.500. The highest BCUT2D eigenvalue weighted by atomic mass is 32.2. The first-order chi connectivity index (χ1) is 8.36. The maximum atomic E-state index is 11.3. The molecule has 5 nitrogen and oxygen atoms in total. The summed E-state index contributed by atoms with van der Waals surface area (Å²) in [6, 6.07) is 6.95. The minimum absolute atomic E-state index is 0.0317. The molecule has 0 spiro atoms. The number of rotatable bonds is 4. The van der Waals surface area contributed by atoms with Crippen molar-refractivity contribution in [3.8, 4) is 0 Å². The molecule has 1 aliphatic rings. The summed E-state index contributed by atoms with van der Waals surface area (Å²) in [5, 5.41) is 17.7. The van der Waals surface area contributed by atoms with Crippen LogP contribution in [0.5, 0.6) is 0 Å². The van der Waals surface area contributed by atoms with E-state index in [1.807, 2.05) is 13.0 Å². The third-order valence-electron chi connectivity index (χ3n) is 3.29. The Balaban J connectivity index is 2.08. The molecule has 100 valence electrons. The van der Waals surface area contributed by atoms with Gasteiger partial charge in [0.05, 0.1) is 11.0 Å². The lowest BCUT2D eigenvalue weighted by atomic mass is 9.88. The van der Waals surface area contributed by atoms with Crippen molar-refractivity contribution in [1.29, 1.82) is 0 Å². The number of nitrogens with one attached hydrogen (secondary N) is 1. The molecule has 1 unspecified atom stereocenters. The van der Waals surface area contributed by atoms with Crippen molar-refractivity contribution in [3.63, 3.8) is 0 Å². The zero-order valence-electron chi connectivity index (χ0n) is 10.2. The van der Waals surface area contributed by atoms with Crippen LogP contribution in [-0.2, 0) is 10.0 Å². The Bertz CT molecular complexity index is 524. The summed E-state index contributed by atoms with van der Waals surface area (Å²) in [4.78, 5) is 0.127. The highest BCUT2D eigenvalue weighted by molar-refractivity contribution is 7.89. The normalized spacial score (nSPS) is 25.5. The third kappa shape index (κ3) is 3.08. The summed E-state index contributed by atoms with van der Waals surface area (Å²) in [6.45, 7) is 1.97. The lowest BCUT2D eigenvalue weighted by molar-refractivity contribution is 0.0585. The average molecular weight is 270 g/mol. The van der Waals surface area contributed by atoms with Gasteiger partial charge in [-0.25, -0.2) is 13.6 Å². The van der Waals surface area contributed by atoms with Gasteiger partial charge < -0.3 is 10.4 Å². The van der Waals surface area contributed by atoms with Crippen molar-refractivity contribution in [2.24, 2.45) is 5.14 Å². The van der Waals surface area contributed by atoms with E-state index in [2.05, 4.69) is 5.32 Å². The van der Waals surface area contributed by atoms with Crippen LogP contribution in [-0.4, -0.2) is 25.7 Å². The molecule has 2 rings (SSSR count).